The summed E-state index contributed by atoms with van der Waals surface area (Å²) in [5.74, 6) is -1.09. The molecule has 132 valence electrons. The molecule has 2 amide bonds. The Balaban J connectivity index is 2.41. The van der Waals surface area contributed by atoms with Crippen LogP contribution in [0.3, 0.4) is 0 Å². The lowest BCUT2D eigenvalue weighted by molar-refractivity contribution is -0.137. The van der Waals surface area contributed by atoms with Gasteiger partial charge < -0.3 is 10.6 Å². The number of hydrogen-bond acceptors (Lipinski definition) is 2. The van der Waals surface area contributed by atoms with E-state index in [-0.39, 0.29) is 16.9 Å². The lowest BCUT2D eigenvalue weighted by atomic mass is 10.1. The standard InChI is InChI=1S/C16H11ClF3IN2O2/c1-8(24)22-13-5-2-9(16(18,19)20)6-14(13)23-15(25)11-4-3-10(17)7-12(11)21/h2-7H,1H3,(H,22,24)(H,23,25). The summed E-state index contributed by atoms with van der Waals surface area (Å²) in [5, 5.41) is 5.22. The summed E-state index contributed by atoms with van der Waals surface area (Å²) in [5.41, 5.74) is -0.780. The van der Waals surface area contributed by atoms with E-state index in [0.29, 0.717) is 8.59 Å². The second kappa shape index (κ2) is 7.61. The molecule has 2 aromatic rings. The fraction of sp³-hybridized carbons (Fsp3) is 0.125. The Hall–Kier alpha value is -1.81. The summed E-state index contributed by atoms with van der Waals surface area (Å²) in [6, 6.07) is 7.20. The number of nitrogens with one attached hydrogen (secondary N) is 2. The van der Waals surface area contributed by atoms with Crippen LogP contribution in [0.25, 0.3) is 0 Å². The topological polar surface area (TPSA) is 58.2 Å². The number of halogens is 5. The van der Waals surface area contributed by atoms with Gasteiger partial charge >= 0.3 is 6.18 Å². The van der Waals surface area contributed by atoms with Crippen LogP contribution in [0, 0.1) is 3.57 Å². The van der Waals surface area contributed by atoms with Crippen LogP contribution in [0.15, 0.2) is 36.4 Å². The van der Waals surface area contributed by atoms with Crippen LogP contribution in [0.5, 0.6) is 0 Å². The fourth-order valence-electron chi connectivity index (χ4n) is 1.99. The summed E-state index contributed by atoms with van der Waals surface area (Å²) in [6.07, 6.45) is -4.58. The SMILES string of the molecule is CC(=O)Nc1ccc(C(F)(F)F)cc1NC(=O)c1ccc(Cl)cc1I. The van der Waals surface area contributed by atoms with E-state index in [2.05, 4.69) is 10.6 Å². The Bertz CT molecular complexity index is 841. The second-order valence-electron chi connectivity index (χ2n) is 5.02. The maximum atomic E-state index is 12.9. The van der Waals surface area contributed by atoms with Gasteiger partial charge in [0.15, 0.2) is 0 Å². The van der Waals surface area contributed by atoms with E-state index < -0.39 is 23.6 Å². The van der Waals surface area contributed by atoms with Crippen molar-refractivity contribution < 1.29 is 22.8 Å². The summed E-state index contributed by atoms with van der Waals surface area (Å²) in [7, 11) is 0. The first kappa shape index (κ1) is 19.5. The molecule has 0 fully saturated rings. The number of hydrogen-bond donors (Lipinski definition) is 2. The molecule has 0 atom stereocenters. The van der Waals surface area contributed by atoms with Crippen LogP contribution in [-0.4, -0.2) is 11.8 Å². The van der Waals surface area contributed by atoms with E-state index in [1.54, 1.807) is 6.07 Å². The van der Waals surface area contributed by atoms with E-state index in [1.807, 2.05) is 22.6 Å². The van der Waals surface area contributed by atoms with Gasteiger partial charge in [-0.1, -0.05) is 11.6 Å². The molecule has 0 saturated heterocycles. The molecule has 0 bridgehead atoms. The van der Waals surface area contributed by atoms with Crippen molar-refractivity contribution >= 4 is 57.4 Å². The van der Waals surface area contributed by atoms with Crippen molar-refractivity contribution in [1.82, 2.24) is 0 Å². The summed E-state index contributed by atoms with van der Waals surface area (Å²) < 4.78 is 39.3. The molecule has 2 aromatic carbocycles. The third kappa shape index (κ3) is 5.08. The minimum absolute atomic E-state index is 0.0674. The quantitative estimate of drug-likeness (QED) is 0.593. The molecule has 0 unspecified atom stereocenters. The maximum Gasteiger partial charge on any atom is 0.416 e. The number of anilines is 2. The largest absolute Gasteiger partial charge is 0.416 e. The normalized spacial score (nSPS) is 11.1. The molecule has 0 saturated carbocycles. The predicted octanol–water partition coefficient (Wildman–Crippen LogP) is 5.17. The zero-order valence-corrected chi connectivity index (χ0v) is 15.6. The van der Waals surface area contributed by atoms with Gasteiger partial charge in [0.05, 0.1) is 22.5 Å². The lowest BCUT2D eigenvalue weighted by Gasteiger charge is -2.15. The molecule has 25 heavy (non-hydrogen) atoms. The van der Waals surface area contributed by atoms with Crippen molar-refractivity contribution in [3.8, 4) is 0 Å². The first-order valence-corrected chi connectivity index (χ1v) is 8.29. The number of carbonyl (C=O) groups is 2. The van der Waals surface area contributed by atoms with Crippen molar-refractivity contribution in [2.24, 2.45) is 0 Å². The Morgan fingerprint density at radius 2 is 1.72 bits per heavy atom. The van der Waals surface area contributed by atoms with Crippen LogP contribution in [0.4, 0.5) is 24.5 Å². The Morgan fingerprint density at radius 3 is 2.28 bits per heavy atom. The van der Waals surface area contributed by atoms with Crippen LogP contribution in [0.1, 0.15) is 22.8 Å². The molecular formula is C16H11ClF3IN2O2. The Morgan fingerprint density at radius 1 is 1.04 bits per heavy atom. The van der Waals surface area contributed by atoms with Gasteiger partial charge in [0.1, 0.15) is 0 Å². The molecule has 0 heterocycles. The third-order valence-corrected chi connectivity index (χ3v) is 4.21. The molecule has 0 aliphatic heterocycles. The van der Waals surface area contributed by atoms with Gasteiger partial charge in [-0.2, -0.15) is 13.2 Å². The summed E-state index contributed by atoms with van der Waals surface area (Å²) >= 11 is 7.72. The monoisotopic (exact) mass is 482 g/mol. The van der Waals surface area contributed by atoms with Crippen LogP contribution < -0.4 is 10.6 Å². The van der Waals surface area contributed by atoms with Crippen molar-refractivity contribution in [1.29, 1.82) is 0 Å². The average molecular weight is 483 g/mol. The van der Waals surface area contributed by atoms with Crippen molar-refractivity contribution in [3.05, 3.63) is 56.1 Å². The van der Waals surface area contributed by atoms with Crippen LogP contribution in [0.2, 0.25) is 5.02 Å². The minimum Gasteiger partial charge on any atom is -0.325 e. The molecule has 0 aromatic heterocycles. The van der Waals surface area contributed by atoms with Gasteiger partial charge in [-0.05, 0) is 59.0 Å². The summed E-state index contributed by atoms with van der Waals surface area (Å²) in [4.78, 5) is 23.6. The van der Waals surface area contributed by atoms with Gasteiger partial charge in [0, 0.05) is 15.5 Å². The zero-order chi connectivity index (χ0) is 18.8. The van der Waals surface area contributed by atoms with E-state index in [1.165, 1.54) is 19.1 Å². The number of amides is 2. The van der Waals surface area contributed by atoms with Gasteiger partial charge in [-0.15, -0.1) is 0 Å². The predicted molar refractivity (Wildman–Crippen MR) is 97.9 cm³/mol. The highest BCUT2D eigenvalue weighted by Gasteiger charge is 2.31. The molecule has 0 aliphatic carbocycles. The maximum absolute atomic E-state index is 12.9. The van der Waals surface area contributed by atoms with Crippen LogP contribution in [-0.2, 0) is 11.0 Å². The minimum atomic E-state index is -4.58. The molecule has 0 aliphatic rings. The van der Waals surface area contributed by atoms with Crippen LogP contribution >= 0.6 is 34.2 Å². The molecule has 2 N–H and O–H groups in total. The highest BCUT2D eigenvalue weighted by molar-refractivity contribution is 14.1. The average Bonchev–Trinajstić information content (AvgIpc) is 2.47. The van der Waals surface area contributed by atoms with Crippen molar-refractivity contribution in [2.75, 3.05) is 10.6 Å². The highest BCUT2D eigenvalue weighted by Crippen LogP contribution is 2.34. The number of carbonyl (C=O) groups excluding carboxylic acids is 2. The van der Waals surface area contributed by atoms with E-state index in [9.17, 15) is 22.8 Å². The van der Waals surface area contributed by atoms with Crippen molar-refractivity contribution in [2.45, 2.75) is 13.1 Å². The molecule has 0 radical (unpaired) electrons. The molecule has 9 heteroatoms. The molecular weight excluding hydrogens is 472 g/mol. The van der Waals surface area contributed by atoms with E-state index in [0.717, 1.165) is 18.2 Å². The number of benzene rings is 2. The first-order chi connectivity index (χ1) is 11.6. The van der Waals surface area contributed by atoms with Gasteiger partial charge in [-0.3, -0.25) is 9.59 Å². The zero-order valence-electron chi connectivity index (χ0n) is 12.7. The van der Waals surface area contributed by atoms with Gasteiger partial charge in [0.2, 0.25) is 5.91 Å². The fourth-order valence-corrected chi connectivity index (χ4v) is 3.10. The highest BCUT2D eigenvalue weighted by atomic mass is 127. The third-order valence-electron chi connectivity index (χ3n) is 3.08. The van der Waals surface area contributed by atoms with Gasteiger partial charge in [-0.25, -0.2) is 0 Å². The summed E-state index contributed by atoms with van der Waals surface area (Å²) in [6.45, 7) is 1.21. The van der Waals surface area contributed by atoms with E-state index >= 15 is 0 Å². The van der Waals surface area contributed by atoms with Gasteiger partial charge in [0.25, 0.3) is 5.91 Å². The van der Waals surface area contributed by atoms with Crippen molar-refractivity contribution in [3.63, 3.8) is 0 Å². The second-order valence-corrected chi connectivity index (χ2v) is 6.62. The Kier molecular flexibility index (Phi) is 5.94. The van der Waals surface area contributed by atoms with E-state index in [4.69, 9.17) is 11.6 Å². The molecule has 2 rings (SSSR count). The smallest absolute Gasteiger partial charge is 0.325 e. The molecule has 0 spiro atoms. The molecule has 4 nitrogen and oxygen atoms in total. The first-order valence-electron chi connectivity index (χ1n) is 6.83. The Labute approximate surface area is 159 Å². The lowest BCUT2D eigenvalue weighted by Crippen LogP contribution is -2.17. The number of alkyl halides is 3. The number of rotatable bonds is 3.